The van der Waals surface area contributed by atoms with Crippen LogP contribution < -0.4 is 5.73 Å². The van der Waals surface area contributed by atoms with E-state index in [1.54, 1.807) is 6.20 Å². The number of rotatable bonds is 4. The lowest BCUT2D eigenvalue weighted by molar-refractivity contribution is 0.565. The third-order valence-corrected chi connectivity index (χ3v) is 3.94. The van der Waals surface area contributed by atoms with Gasteiger partial charge < -0.3 is 5.73 Å². The van der Waals surface area contributed by atoms with Gasteiger partial charge in [-0.1, -0.05) is 6.07 Å². The predicted octanol–water partition coefficient (Wildman–Crippen LogP) is 1.32. The quantitative estimate of drug-likeness (QED) is 0.894. The molecule has 6 nitrogen and oxygen atoms in total. The highest BCUT2D eigenvalue weighted by Gasteiger charge is 2.28. The van der Waals surface area contributed by atoms with E-state index < -0.39 is 0 Å². The second-order valence-electron chi connectivity index (χ2n) is 4.41. The maximum Gasteiger partial charge on any atom is 0.215 e. The van der Waals surface area contributed by atoms with Crippen LogP contribution in [0, 0.1) is 6.92 Å². The first-order chi connectivity index (χ1) is 8.78. The Kier molecular flexibility index (Phi) is 3.00. The molecule has 0 aliphatic heterocycles. The number of pyridine rings is 1. The van der Waals surface area contributed by atoms with E-state index in [-0.39, 0.29) is 0 Å². The summed E-state index contributed by atoms with van der Waals surface area (Å²) in [6.45, 7) is 2.54. The predicted molar refractivity (Wildman–Crippen MR) is 67.1 cm³/mol. The molecule has 0 spiro atoms. The third kappa shape index (κ3) is 2.23. The van der Waals surface area contributed by atoms with Crippen molar-refractivity contribution in [2.45, 2.75) is 42.5 Å². The van der Waals surface area contributed by atoms with Gasteiger partial charge in [0.15, 0.2) is 0 Å². The average Bonchev–Trinajstić information content (AvgIpc) is 3.12. The Hall–Kier alpha value is -1.47. The minimum atomic E-state index is 0.478. The summed E-state index contributed by atoms with van der Waals surface area (Å²) in [4.78, 5) is 4.42. The molecule has 2 aromatic rings. The Labute approximate surface area is 109 Å². The third-order valence-electron chi connectivity index (χ3n) is 2.87. The zero-order valence-corrected chi connectivity index (χ0v) is 10.9. The fraction of sp³-hybridized carbons (Fsp3) is 0.455. The maximum atomic E-state index is 5.59. The van der Waals surface area contributed by atoms with Gasteiger partial charge in [0, 0.05) is 12.7 Å². The molecule has 0 bridgehead atoms. The minimum absolute atomic E-state index is 0.478. The maximum absolute atomic E-state index is 5.59. The smallest absolute Gasteiger partial charge is 0.215 e. The molecule has 0 unspecified atom stereocenters. The Morgan fingerprint density at radius 2 is 2.33 bits per heavy atom. The highest BCUT2D eigenvalue weighted by Crippen LogP contribution is 2.38. The van der Waals surface area contributed by atoms with Crippen molar-refractivity contribution in [2.24, 2.45) is 5.73 Å². The number of hydrogen-bond donors (Lipinski definition) is 1. The summed E-state index contributed by atoms with van der Waals surface area (Å²) in [6.07, 6.45) is 4.13. The molecule has 1 aliphatic carbocycles. The molecule has 1 aliphatic rings. The number of hydrogen-bond acceptors (Lipinski definition) is 6. The summed E-state index contributed by atoms with van der Waals surface area (Å²) in [5.74, 6) is 0. The van der Waals surface area contributed by atoms with Crippen molar-refractivity contribution in [3.05, 3.63) is 23.4 Å². The lowest BCUT2D eigenvalue weighted by Crippen LogP contribution is -2.01. The first-order valence-electron chi connectivity index (χ1n) is 5.89. The Bertz CT molecular complexity index is 562. The van der Waals surface area contributed by atoms with Crippen molar-refractivity contribution >= 4 is 11.8 Å². The van der Waals surface area contributed by atoms with E-state index in [9.17, 15) is 0 Å². The van der Waals surface area contributed by atoms with Gasteiger partial charge in [-0.2, -0.15) is 0 Å². The van der Waals surface area contributed by atoms with E-state index in [1.165, 1.54) is 11.8 Å². The molecule has 0 atom stereocenters. The molecule has 94 valence electrons. The molecule has 7 heteroatoms. The van der Waals surface area contributed by atoms with Crippen LogP contribution >= 0.6 is 11.8 Å². The van der Waals surface area contributed by atoms with Crippen molar-refractivity contribution in [3.63, 3.8) is 0 Å². The van der Waals surface area contributed by atoms with Gasteiger partial charge in [0.2, 0.25) is 5.16 Å². The van der Waals surface area contributed by atoms with Crippen LogP contribution in [0.25, 0.3) is 0 Å². The molecule has 0 aromatic carbocycles. The van der Waals surface area contributed by atoms with E-state index in [4.69, 9.17) is 5.73 Å². The molecule has 2 aromatic heterocycles. The first kappa shape index (κ1) is 11.6. The number of aromatic nitrogens is 5. The van der Waals surface area contributed by atoms with Crippen molar-refractivity contribution < 1.29 is 0 Å². The van der Waals surface area contributed by atoms with Crippen LogP contribution in [0.5, 0.6) is 0 Å². The van der Waals surface area contributed by atoms with Crippen LogP contribution in [0.3, 0.4) is 0 Å². The molecule has 0 amide bonds. The summed E-state index contributed by atoms with van der Waals surface area (Å²) >= 11 is 1.51. The highest BCUT2D eigenvalue weighted by molar-refractivity contribution is 7.99. The zero-order chi connectivity index (χ0) is 12.5. The van der Waals surface area contributed by atoms with E-state index >= 15 is 0 Å². The fourth-order valence-corrected chi connectivity index (χ4v) is 2.58. The summed E-state index contributed by atoms with van der Waals surface area (Å²) < 4.78 is 1.89. The summed E-state index contributed by atoms with van der Waals surface area (Å²) in [5, 5.41) is 13.6. The van der Waals surface area contributed by atoms with Gasteiger partial charge in [-0.3, -0.25) is 0 Å². The van der Waals surface area contributed by atoms with E-state index in [2.05, 4.69) is 26.6 Å². The second-order valence-corrected chi connectivity index (χ2v) is 5.36. The van der Waals surface area contributed by atoms with Crippen LogP contribution in [-0.4, -0.2) is 25.2 Å². The SMILES string of the molecule is Cc1cc(CN)cnc1Sc1nnnn1C1CC1. The minimum Gasteiger partial charge on any atom is -0.326 e. The van der Waals surface area contributed by atoms with Crippen molar-refractivity contribution in [1.29, 1.82) is 0 Å². The molecule has 3 rings (SSSR count). The Morgan fingerprint density at radius 3 is 3.00 bits per heavy atom. The second kappa shape index (κ2) is 4.66. The zero-order valence-electron chi connectivity index (χ0n) is 10.1. The van der Waals surface area contributed by atoms with Crippen molar-refractivity contribution in [2.75, 3.05) is 0 Å². The van der Waals surface area contributed by atoms with Crippen LogP contribution in [-0.2, 0) is 6.54 Å². The molecule has 2 N–H and O–H groups in total. The first-order valence-corrected chi connectivity index (χ1v) is 6.71. The van der Waals surface area contributed by atoms with Gasteiger partial charge in [-0.15, -0.1) is 5.10 Å². The van der Waals surface area contributed by atoms with E-state index in [0.29, 0.717) is 12.6 Å². The van der Waals surface area contributed by atoms with Gasteiger partial charge in [0.1, 0.15) is 5.03 Å². The van der Waals surface area contributed by atoms with Gasteiger partial charge in [-0.05, 0) is 53.1 Å². The number of nitrogens with zero attached hydrogens (tertiary/aromatic N) is 5. The molecule has 0 saturated heterocycles. The van der Waals surface area contributed by atoms with Crippen LogP contribution in [0.15, 0.2) is 22.4 Å². The average molecular weight is 262 g/mol. The van der Waals surface area contributed by atoms with Crippen LogP contribution in [0.2, 0.25) is 0 Å². The summed E-state index contributed by atoms with van der Waals surface area (Å²) in [7, 11) is 0. The Morgan fingerprint density at radius 1 is 1.50 bits per heavy atom. The largest absolute Gasteiger partial charge is 0.326 e. The molecule has 2 heterocycles. The lowest BCUT2D eigenvalue weighted by atomic mass is 10.2. The molecule has 1 fully saturated rings. The molecular weight excluding hydrogens is 248 g/mol. The number of aryl methyl sites for hydroxylation is 1. The molecule has 18 heavy (non-hydrogen) atoms. The van der Waals surface area contributed by atoms with Gasteiger partial charge >= 0.3 is 0 Å². The lowest BCUT2D eigenvalue weighted by Gasteiger charge is -2.06. The highest BCUT2D eigenvalue weighted by atomic mass is 32.2. The van der Waals surface area contributed by atoms with Crippen LogP contribution in [0.4, 0.5) is 0 Å². The molecular formula is C11H14N6S. The van der Waals surface area contributed by atoms with Crippen molar-refractivity contribution in [1.82, 2.24) is 25.2 Å². The van der Waals surface area contributed by atoms with Gasteiger partial charge in [-0.25, -0.2) is 9.67 Å². The van der Waals surface area contributed by atoms with E-state index in [0.717, 1.165) is 34.2 Å². The van der Waals surface area contributed by atoms with Crippen molar-refractivity contribution in [3.8, 4) is 0 Å². The topological polar surface area (TPSA) is 82.5 Å². The summed E-state index contributed by atoms with van der Waals surface area (Å²) in [5.41, 5.74) is 7.74. The van der Waals surface area contributed by atoms with Gasteiger partial charge in [0.05, 0.1) is 6.04 Å². The summed E-state index contributed by atoms with van der Waals surface area (Å²) in [6, 6.07) is 2.53. The normalized spacial score (nSPS) is 15.0. The van der Waals surface area contributed by atoms with Crippen LogP contribution in [0.1, 0.15) is 30.0 Å². The molecule has 0 radical (unpaired) electrons. The monoisotopic (exact) mass is 262 g/mol. The standard InChI is InChI=1S/C11H14N6S/c1-7-4-8(5-12)6-13-10(7)18-11-14-15-16-17(11)9-2-3-9/h4,6,9H,2-3,5,12H2,1H3. The van der Waals surface area contributed by atoms with Gasteiger partial charge in [0.25, 0.3) is 0 Å². The fourth-order valence-electron chi connectivity index (χ4n) is 1.73. The number of nitrogens with two attached hydrogens (primary N) is 1. The van der Waals surface area contributed by atoms with E-state index in [1.807, 2.05) is 11.6 Å². The molecule has 1 saturated carbocycles. The number of tetrazole rings is 1. The Balaban J connectivity index is 1.85.